The summed E-state index contributed by atoms with van der Waals surface area (Å²) < 4.78 is 17.5. The second-order valence-corrected chi connectivity index (χ2v) is 6.50. The average Bonchev–Trinajstić information content (AvgIpc) is 2.47. The van der Waals surface area contributed by atoms with Gasteiger partial charge >= 0.3 is 0 Å². The van der Waals surface area contributed by atoms with Crippen LogP contribution in [-0.2, 0) is 4.57 Å². The topological polar surface area (TPSA) is 72.5 Å². The third-order valence-corrected chi connectivity index (χ3v) is 5.05. The van der Waals surface area contributed by atoms with Crippen molar-refractivity contribution >= 4 is 12.7 Å². The van der Waals surface area contributed by atoms with E-state index in [0.29, 0.717) is 16.6 Å². The van der Waals surface area contributed by atoms with Crippen molar-refractivity contribution < 1.29 is 14.2 Å². The molecule has 0 aliphatic carbocycles. The van der Waals surface area contributed by atoms with Gasteiger partial charge in [0, 0.05) is 5.30 Å². The molecule has 0 saturated heterocycles. The van der Waals surface area contributed by atoms with Crippen LogP contribution in [0.25, 0.3) is 0 Å². The van der Waals surface area contributed by atoms with Gasteiger partial charge in [0.05, 0.1) is 7.11 Å². The molecule has 0 bridgehead atoms. The zero-order valence-corrected chi connectivity index (χ0v) is 11.5. The second kappa shape index (κ2) is 5.57. The molecule has 0 aliphatic rings. The third kappa shape index (κ3) is 2.87. The molecular weight excluding hydrogens is 261 g/mol. The molecule has 100 valence electrons. The molecule has 0 aromatic heterocycles. The number of methoxy groups -OCH3 is 1. The molecule has 19 heavy (non-hydrogen) atoms. The summed E-state index contributed by atoms with van der Waals surface area (Å²) in [5.74, 6) is -0.260. The lowest BCUT2D eigenvalue weighted by Crippen LogP contribution is -2.18. The van der Waals surface area contributed by atoms with Gasteiger partial charge in [0.2, 0.25) is 7.37 Å². The lowest BCUT2D eigenvalue weighted by molar-refractivity contribution is 0.414. The molecule has 5 heteroatoms. The van der Waals surface area contributed by atoms with E-state index < -0.39 is 13.2 Å². The number of ether oxygens (including phenoxy) is 1. The van der Waals surface area contributed by atoms with E-state index in [-0.39, 0.29) is 0 Å². The Hall–Kier alpha value is -1.61. The van der Waals surface area contributed by atoms with E-state index in [1.165, 1.54) is 0 Å². The van der Waals surface area contributed by atoms with E-state index in [1.807, 2.05) is 0 Å². The van der Waals surface area contributed by atoms with Crippen LogP contribution in [0.5, 0.6) is 5.75 Å². The molecule has 0 spiro atoms. The van der Waals surface area contributed by atoms with Gasteiger partial charge in [0.25, 0.3) is 0 Å². The molecule has 0 heterocycles. The van der Waals surface area contributed by atoms with Crippen molar-refractivity contribution in [2.45, 2.75) is 5.78 Å². The van der Waals surface area contributed by atoms with Gasteiger partial charge in [-0.1, -0.05) is 30.3 Å². The zero-order chi connectivity index (χ0) is 13.9. The summed E-state index contributed by atoms with van der Waals surface area (Å²) >= 11 is 0. The van der Waals surface area contributed by atoms with E-state index in [4.69, 9.17) is 10.5 Å². The lowest BCUT2D eigenvalue weighted by Gasteiger charge is -2.20. The highest BCUT2D eigenvalue weighted by atomic mass is 31.2. The summed E-state index contributed by atoms with van der Waals surface area (Å²) in [7, 11) is -2.08. The van der Waals surface area contributed by atoms with Gasteiger partial charge in [0.1, 0.15) is 11.5 Å². The largest absolute Gasteiger partial charge is 0.497 e. The van der Waals surface area contributed by atoms with Crippen LogP contribution >= 0.6 is 7.37 Å². The molecule has 2 atom stereocenters. The second-order valence-electron chi connectivity index (χ2n) is 4.18. The molecule has 1 unspecified atom stereocenters. The minimum Gasteiger partial charge on any atom is -0.497 e. The van der Waals surface area contributed by atoms with E-state index >= 15 is 0 Å². The van der Waals surface area contributed by atoms with Crippen LogP contribution in [0.1, 0.15) is 11.3 Å². The number of rotatable bonds is 4. The van der Waals surface area contributed by atoms with Crippen LogP contribution in [-0.4, -0.2) is 12.0 Å². The highest BCUT2D eigenvalue weighted by molar-refractivity contribution is 7.66. The highest BCUT2D eigenvalue weighted by Gasteiger charge is 2.30. The first-order valence-corrected chi connectivity index (χ1v) is 7.56. The number of hydrogen-bond donors (Lipinski definition) is 2. The maximum Gasteiger partial charge on any atom is 0.250 e. The summed E-state index contributed by atoms with van der Waals surface area (Å²) in [6.07, 6.45) is 0. The minimum atomic E-state index is -3.64. The van der Waals surface area contributed by atoms with Crippen molar-refractivity contribution in [1.82, 2.24) is 0 Å². The molecule has 0 fully saturated rings. The molecule has 4 nitrogen and oxygen atoms in total. The molecule has 0 amide bonds. The van der Waals surface area contributed by atoms with Crippen LogP contribution in [0.3, 0.4) is 0 Å². The van der Waals surface area contributed by atoms with Crippen LogP contribution in [0.4, 0.5) is 0 Å². The highest BCUT2D eigenvalue weighted by Crippen LogP contribution is 2.51. The zero-order valence-electron chi connectivity index (χ0n) is 10.6. The van der Waals surface area contributed by atoms with Gasteiger partial charge in [0.15, 0.2) is 0 Å². The maximum atomic E-state index is 12.5. The van der Waals surface area contributed by atoms with E-state index in [2.05, 4.69) is 0 Å². The molecule has 0 aliphatic heterocycles. The number of nitrogens with two attached hydrogens (primary N) is 1. The predicted molar refractivity (Wildman–Crippen MR) is 75.8 cm³/mol. The fraction of sp³-hybridized carbons (Fsp3) is 0.143. The van der Waals surface area contributed by atoms with Gasteiger partial charge in [-0.3, -0.25) is 4.57 Å². The fourth-order valence-corrected chi connectivity index (χ4v) is 3.30. The number of benzene rings is 2. The van der Waals surface area contributed by atoms with Gasteiger partial charge in [-0.25, -0.2) is 0 Å². The molecule has 0 saturated carbocycles. The molecule has 2 aromatic carbocycles. The lowest BCUT2D eigenvalue weighted by atomic mass is 10.2. The van der Waals surface area contributed by atoms with Crippen LogP contribution in [0.15, 0.2) is 54.6 Å². The number of hydrogen-bond acceptors (Lipinski definition) is 3. The van der Waals surface area contributed by atoms with Gasteiger partial charge in [-0.2, -0.15) is 0 Å². The van der Waals surface area contributed by atoms with Gasteiger partial charge in [-0.05, 0) is 29.8 Å². The van der Waals surface area contributed by atoms with E-state index in [9.17, 15) is 9.46 Å². The fourth-order valence-electron chi connectivity index (χ4n) is 1.81. The van der Waals surface area contributed by atoms with Crippen molar-refractivity contribution in [3.63, 3.8) is 0 Å². The molecule has 2 aromatic rings. The summed E-state index contributed by atoms with van der Waals surface area (Å²) in [6, 6.07) is 15.3. The first-order chi connectivity index (χ1) is 9.05. The monoisotopic (exact) mass is 277 g/mol. The van der Waals surface area contributed by atoms with Crippen molar-refractivity contribution in [3.05, 3.63) is 60.2 Å². The maximum absolute atomic E-state index is 12.5. The quantitative estimate of drug-likeness (QED) is 0.841. The molecule has 3 N–H and O–H groups in total. The molecular formula is C14H16NO3P. The Bertz CT molecular complexity index is 583. The predicted octanol–water partition coefficient (Wildman–Crippen LogP) is 2.25. The van der Waals surface area contributed by atoms with Crippen LogP contribution < -0.4 is 15.8 Å². The first kappa shape index (κ1) is 13.8. The van der Waals surface area contributed by atoms with Gasteiger partial charge < -0.3 is 15.4 Å². The average molecular weight is 277 g/mol. The van der Waals surface area contributed by atoms with Crippen molar-refractivity contribution in [1.29, 1.82) is 0 Å². The Morgan fingerprint density at radius 2 is 1.68 bits per heavy atom. The Morgan fingerprint density at radius 3 is 2.21 bits per heavy atom. The van der Waals surface area contributed by atoms with Crippen LogP contribution in [0, 0.1) is 0 Å². The minimum absolute atomic E-state index is 0.360. The van der Waals surface area contributed by atoms with Crippen molar-refractivity contribution in [3.8, 4) is 5.75 Å². The Morgan fingerprint density at radius 1 is 1.11 bits per heavy atom. The van der Waals surface area contributed by atoms with Gasteiger partial charge in [-0.15, -0.1) is 0 Å². The first-order valence-electron chi connectivity index (χ1n) is 5.83. The smallest absolute Gasteiger partial charge is 0.250 e. The summed E-state index contributed by atoms with van der Waals surface area (Å²) in [6.45, 7) is 0. The molecule has 0 radical (unpaired) electrons. The van der Waals surface area contributed by atoms with Crippen molar-refractivity contribution in [2.75, 3.05) is 7.11 Å². The Kier molecular flexibility index (Phi) is 4.05. The SMILES string of the molecule is COc1ccc([C@@H](N)P(=O)(O)c2ccccc2)cc1. The normalized spacial score (nSPS) is 15.5. The van der Waals surface area contributed by atoms with Crippen LogP contribution in [0.2, 0.25) is 0 Å². The molecule has 2 rings (SSSR count). The summed E-state index contributed by atoms with van der Waals surface area (Å²) in [5.41, 5.74) is 6.55. The Labute approximate surface area is 112 Å². The third-order valence-electron chi connectivity index (χ3n) is 2.96. The van der Waals surface area contributed by atoms with Crippen molar-refractivity contribution in [2.24, 2.45) is 5.73 Å². The summed E-state index contributed by atoms with van der Waals surface area (Å²) in [4.78, 5) is 10.2. The van der Waals surface area contributed by atoms with E-state index in [1.54, 1.807) is 61.7 Å². The Balaban J connectivity index is 2.32. The summed E-state index contributed by atoms with van der Waals surface area (Å²) in [5, 5.41) is 0.360. The standard InChI is InChI=1S/C14H16NO3P/c1-18-12-9-7-11(8-10-12)14(15)19(16,17)13-5-3-2-4-6-13/h2-10,14H,15H2,1H3,(H,16,17)/t14-/m0/s1. The van der Waals surface area contributed by atoms with E-state index in [0.717, 1.165) is 0 Å².